The van der Waals surface area contributed by atoms with Crippen molar-refractivity contribution in [1.29, 1.82) is 0 Å². The van der Waals surface area contributed by atoms with Crippen molar-refractivity contribution in [1.82, 2.24) is 4.98 Å². The normalized spacial score (nSPS) is 11.7. The number of alkyl halides is 3. The van der Waals surface area contributed by atoms with Gasteiger partial charge < -0.3 is 10.0 Å². The zero-order valence-electron chi connectivity index (χ0n) is 11.6. The molecule has 0 atom stereocenters. The van der Waals surface area contributed by atoms with Crippen molar-refractivity contribution in [2.45, 2.75) is 26.3 Å². The highest BCUT2D eigenvalue weighted by atomic mass is 32.1. The lowest BCUT2D eigenvalue weighted by Crippen LogP contribution is -2.18. The van der Waals surface area contributed by atoms with Crippen LogP contribution in [-0.2, 0) is 19.3 Å². The van der Waals surface area contributed by atoms with Gasteiger partial charge in [-0.15, -0.1) is 11.3 Å². The monoisotopic (exact) mass is 316 g/mol. The number of halogens is 3. The molecular weight excluding hydrogens is 301 g/mol. The van der Waals surface area contributed by atoms with E-state index in [1.54, 1.807) is 23.5 Å². The average Bonchev–Trinajstić information content (AvgIpc) is 2.82. The molecule has 0 saturated heterocycles. The van der Waals surface area contributed by atoms with E-state index in [0.717, 1.165) is 16.6 Å². The lowest BCUT2D eigenvalue weighted by Gasteiger charge is -2.21. The van der Waals surface area contributed by atoms with Gasteiger partial charge >= 0.3 is 6.18 Å². The fourth-order valence-electron chi connectivity index (χ4n) is 1.99. The van der Waals surface area contributed by atoms with Gasteiger partial charge in [-0.25, -0.2) is 4.98 Å². The lowest BCUT2D eigenvalue weighted by molar-refractivity contribution is -0.138. The van der Waals surface area contributed by atoms with Crippen LogP contribution in [0.3, 0.4) is 0 Å². The van der Waals surface area contributed by atoms with E-state index in [0.29, 0.717) is 12.2 Å². The number of nitrogens with zero attached hydrogens (tertiary/aromatic N) is 2. The first-order valence-corrected chi connectivity index (χ1v) is 7.12. The SMILES string of the molecule is Cc1ncsc1CN(C)c1ccc(CO)c(C(F)(F)F)c1. The van der Waals surface area contributed by atoms with Gasteiger partial charge in [-0.05, 0) is 24.6 Å². The van der Waals surface area contributed by atoms with Crippen LogP contribution in [0.2, 0.25) is 0 Å². The fraction of sp³-hybridized carbons (Fsp3) is 0.357. The van der Waals surface area contributed by atoms with Crippen LogP contribution in [0.1, 0.15) is 21.7 Å². The number of hydrogen-bond acceptors (Lipinski definition) is 4. The summed E-state index contributed by atoms with van der Waals surface area (Å²) >= 11 is 1.47. The second-order valence-electron chi connectivity index (χ2n) is 4.71. The minimum absolute atomic E-state index is 0.117. The molecule has 0 unspecified atom stereocenters. The third-order valence-corrected chi connectivity index (χ3v) is 4.16. The van der Waals surface area contributed by atoms with Crippen LogP contribution >= 0.6 is 11.3 Å². The van der Waals surface area contributed by atoms with Crippen molar-refractivity contribution < 1.29 is 18.3 Å². The molecule has 21 heavy (non-hydrogen) atoms. The molecule has 0 saturated carbocycles. The Morgan fingerprint density at radius 3 is 2.57 bits per heavy atom. The van der Waals surface area contributed by atoms with Crippen LogP contribution in [-0.4, -0.2) is 17.1 Å². The third kappa shape index (κ3) is 3.54. The molecule has 2 rings (SSSR count). The number of benzene rings is 1. The highest BCUT2D eigenvalue weighted by Gasteiger charge is 2.33. The maximum atomic E-state index is 13.0. The van der Waals surface area contributed by atoms with Gasteiger partial charge in [-0.2, -0.15) is 13.2 Å². The first kappa shape index (κ1) is 15.8. The van der Waals surface area contributed by atoms with Gasteiger partial charge in [0.1, 0.15) is 0 Å². The molecule has 1 aromatic carbocycles. The molecule has 7 heteroatoms. The zero-order chi connectivity index (χ0) is 15.6. The first-order valence-electron chi connectivity index (χ1n) is 6.24. The van der Waals surface area contributed by atoms with E-state index in [1.165, 1.54) is 17.4 Å². The number of aliphatic hydroxyl groups is 1. The summed E-state index contributed by atoms with van der Waals surface area (Å²) in [5, 5.41) is 9.03. The molecule has 0 amide bonds. The van der Waals surface area contributed by atoms with Crippen LogP contribution in [0.25, 0.3) is 0 Å². The van der Waals surface area contributed by atoms with Gasteiger partial charge in [0.15, 0.2) is 0 Å². The largest absolute Gasteiger partial charge is 0.416 e. The highest BCUT2D eigenvalue weighted by molar-refractivity contribution is 7.09. The summed E-state index contributed by atoms with van der Waals surface area (Å²) in [6, 6.07) is 3.97. The molecule has 114 valence electrons. The predicted molar refractivity (Wildman–Crippen MR) is 76.3 cm³/mol. The van der Waals surface area contributed by atoms with Crippen LogP contribution in [0, 0.1) is 6.92 Å². The zero-order valence-corrected chi connectivity index (χ0v) is 12.4. The van der Waals surface area contributed by atoms with Crippen molar-refractivity contribution in [3.05, 3.63) is 45.4 Å². The van der Waals surface area contributed by atoms with Crippen LogP contribution in [0.5, 0.6) is 0 Å². The first-order chi connectivity index (χ1) is 9.82. The summed E-state index contributed by atoms with van der Waals surface area (Å²) in [6.45, 7) is 1.73. The summed E-state index contributed by atoms with van der Waals surface area (Å²) in [4.78, 5) is 6.87. The Labute approximate surface area is 124 Å². The Bertz CT molecular complexity index is 625. The minimum Gasteiger partial charge on any atom is -0.392 e. The van der Waals surface area contributed by atoms with Gasteiger partial charge in [0.25, 0.3) is 0 Å². The summed E-state index contributed by atoms with van der Waals surface area (Å²) in [5.74, 6) is 0. The number of anilines is 1. The molecule has 1 aromatic heterocycles. The van der Waals surface area contributed by atoms with Crippen molar-refractivity contribution in [2.75, 3.05) is 11.9 Å². The van der Waals surface area contributed by atoms with Crippen molar-refractivity contribution in [3.63, 3.8) is 0 Å². The quantitative estimate of drug-likeness (QED) is 0.936. The van der Waals surface area contributed by atoms with E-state index >= 15 is 0 Å². The van der Waals surface area contributed by atoms with E-state index in [-0.39, 0.29) is 5.56 Å². The number of aryl methyl sites for hydroxylation is 1. The molecule has 0 aliphatic carbocycles. The van der Waals surface area contributed by atoms with Gasteiger partial charge in [0, 0.05) is 17.6 Å². The summed E-state index contributed by atoms with van der Waals surface area (Å²) < 4.78 is 38.9. The second-order valence-corrected chi connectivity index (χ2v) is 5.65. The maximum absolute atomic E-state index is 13.0. The minimum atomic E-state index is -4.48. The molecule has 0 fully saturated rings. The van der Waals surface area contributed by atoms with Gasteiger partial charge in [0.05, 0.1) is 29.9 Å². The molecule has 3 nitrogen and oxygen atoms in total. The van der Waals surface area contributed by atoms with Crippen molar-refractivity contribution in [2.24, 2.45) is 0 Å². The Kier molecular flexibility index (Phi) is 4.53. The topological polar surface area (TPSA) is 36.4 Å². The Balaban J connectivity index is 2.30. The van der Waals surface area contributed by atoms with E-state index in [2.05, 4.69) is 4.98 Å². The molecule has 0 aliphatic rings. The van der Waals surface area contributed by atoms with Crippen molar-refractivity contribution >= 4 is 17.0 Å². The van der Waals surface area contributed by atoms with E-state index in [4.69, 9.17) is 5.11 Å². The van der Waals surface area contributed by atoms with E-state index in [1.807, 2.05) is 6.92 Å². The van der Waals surface area contributed by atoms with E-state index < -0.39 is 18.3 Å². The Morgan fingerprint density at radius 2 is 2.05 bits per heavy atom. The van der Waals surface area contributed by atoms with Crippen LogP contribution in [0.15, 0.2) is 23.7 Å². The number of hydrogen-bond donors (Lipinski definition) is 1. The number of thiazole rings is 1. The molecular formula is C14H15F3N2OS. The van der Waals surface area contributed by atoms with Gasteiger partial charge in [-0.1, -0.05) is 6.07 Å². The maximum Gasteiger partial charge on any atom is 0.416 e. The Morgan fingerprint density at radius 1 is 1.33 bits per heavy atom. The Hall–Kier alpha value is -1.60. The van der Waals surface area contributed by atoms with Gasteiger partial charge in [-0.3, -0.25) is 0 Å². The van der Waals surface area contributed by atoms with Crippen LogP contribution < -0.4 is 4.90 Å². The number of aliphatic hydroxyl groups excluding tert-OH is 1. The number of rotatable bonds is 4. The molecule has 1 heterocycles. The van der Waals surface area contributed by atoms with E-state index in [9.17, 15) is 13.2 Å². The molecule has 1 N–H and O–H groups in total. The standard InChI is InChI=1S/C14H15F3N2OS/c1-9-13(21-8-18-9)6-19(2)11-4-3-10(7-20)12(5-11)14(15,16)17/h3-5,8,20H,6-7H2,1-2H3. The molecule has 0 bridgehead atoms. The summed E-state index contributed by atoms with van der Waals surface area (Å²) in [6.07, 6.45) is -4.48. The highest BCUT2D eigenvalue weighted by Crippen LogP contribution is 2.35. The van der Waals surface area contributed by atoms with Crippen LogP contribution in [0.4, 0.5) is 18.9 Å². The molecule has 0 spiro atoms. The lowest BCUT2D eigenvalue weighted by atomic mass is 10.1. The molecule has 2 aromatic rings. The average molecular weight is 316 g/mol. The fourth-order valence-corrected chi connectivity index (χ4v) is 2.82. The number of aromatic nitrogens is 1. The smallest absolute Gasteiger partial charge is 0.392 e. The summed E-state index contributed by atoms with van der Waals surface area (Å²) in [5.41, 5.74) is 2.14. The predicted octanol–water partition coefficient (Wildman–Crippen LogP) is 3.60. The van der Waals surface area contributed by atoms with Crippen molar-refractivity contribution in [3.8, 4) is 0 Å². The van der Waals surface area contributed by atoms with Gasteiger partial charge in [0.2, 0.25) is 0 Å². The molecule has 0 aliphatic heterocycles. The summed E-state index contributed by atoms with van der Waals surface area (Å²) in [7, 11) is 1.73. The second kappa shape index (κ2) is 6.03. The third-order valence-electron chi connectivity index (χ3n) is 3.24. The molecule has 0 radical (unpaired) electrons.